The molecule has 8 heteroatoms. The SMILES string of the molecule is CCCCC(CC)C[PH](=O)O.CCCCCCCCCCP(=O)(O)CCCCCCCCCC.[Nd].[Nd]. The van der Waals surface area contributed by atoms with Crippen LogP contribution < -0.4 is 0 Å². The Bertz CT molecular complexity index is 458. The first-order valence-electron chi connectivity index (χ1n) is 14.8. The van der Waals surface area contributed by atoms with E-state index in [2.05, 4.69) is 27.7 Å². The van der Waals surface area contributed by atoms with Gasteiger partial charge in [-0.15, -0.1) is 0 Å². The molecule has 0 radical (unpaired) electrons. The maximum atomic E-state index is 12.1. The van der Waals surface area contributed by atoms with E-state index in [1.807, 2.05) is 0 Å². The Morgan fingerprint density at radius 1 is 0.611 bits per heavy atom. The van der Waals surface area contributed by atoms with Crippen LogP contribution in [0.3, 0.4) is 0 Å². The number of hydrogen-bond donors (Lipinski definition) is 2. The van der Waals surface area contributed by atoms with Gasteiger partial charge in [0.2, 0.25) is 7.37 Å². The van der Waals surface area contributed by atoms with Crippen LogP contribution in [-0.4, -0.2) is 28.3 Å². The Kier molecular flexibility index (Phi) is 46.2. The minimum absolute atomic E-state index is 0. The zero-order valence-electron chi connectivity index (χ0n) is 24.5. The van der Waals surface area contributed by atoms with Crippen molar-refractivity contribution < 1.29 is 101 Å². The van der Waals surface area contributed by atoms with Crippen molar-refractivity contribution in [2.24, 2.45) is 5.92 Å². The standard InChI is InChI=1S/C20H43O2P.C8H19O2P.2Nd/c1-3-5-7-9-11-13-15-17-19-23(21,22)20-18-16-14-12-10-8-6-4-2;1-3-5-6-8(4-2)7-11(9)10;;/h3-20H2,1-2H3,(H,21,22);8,11H,3-7H2,1-2H3,(H,9,10);;. The van der Waals surface area contributed by atoms with Crippen LogP contribution in [0.5, 0.6) is 0 Å². The summed E-state index contributed by atoms with van der Waals surface area (Å²) < 4.78 is 22.6. The van der Waals surface area contributed by atoms with Crippen LogP contribution >= 0.6 is 15.4 Å². The summed E-state index contributed by atoms with van der Waals surface area (Å²) in [6.45, 7) is 8.72. The van der Waals surface area contributed by atoms with Gasteiger partial charge in [-0.3, -0.25) is 9.13 Å². The Hall–Kier alpha value is 3.08. The van der Waals surface area contributed by atoms with Crippen molar-refractivity contribution in [3.05, 3.63) is 0 Å². The van der Waals surface area contributed by atoms with Gasteiger partial charge in [-0.25, -0.2) is 0 Å². The number of unbranched alkanes of at least 4 members (excludes halogenated alkanes) is 15. The molecular weight excluding hydrogens is 751 g/mol. The van der Waals surface area contributed by atoms with E-state index in [1.165, 1.54) is 89.9 Å². The Labute approximate surface area is 292 Å². The fraction of sp³-hybridized carbons (Fsp3) is 1.00. The maximum Gasteiger partial charge on any atom is 0.200 e. The molecule has 0 aliphatic rings. The zero-order valence-corrected chi connectivity index (χ0v) is 32.8. The van der Waals surface area contributed by atoms with Gasteiger partial charge in [0.05, 0.1) is 0 Å². The third-order valence-corrected chi connectivity index (χ3v) is 9.69. The summed E-state index contributed by atoms with van der Waals surface area (Å²) >= 11 is 0. The molecule has 0 spiro atoms. The second-order valence-corrected chi connectivity index (χ2v) is 14.0. The van der Waals surface area contributed by atoms with Gasteiger partial charge < -0.3 is 9.79 Å². The van der Waals surface area contributed by atoms with Crippen molar-refractivity contribution in [3.63, 3.8) is 0 Å². The molecule has 0 rings (SSSR count). The molecule has 0 saturated heterocycles. The minimum Gasteiger partial charge on any atom is -0.346 e. The normalized spacial score (nSPS) is 12.6. The van der Waals surface area contributed by atoms with Crippen LogP contribution in [0, 0.1) is 87.6 Å². The van der Waals surface area contributed by atoms with Gasteiger partial charge in [-0.05, 0) is 25.2 Å². The smallest absolute Gasteiger partial charge is 0.200 e. The molecule has 2 N–H and O–H groups in total. The minimum atomic E-state index is -2.82. The first kappa shape index (κ1) is 46.1. The van der Waals surface area contributed by atoms with Gasteiger partial charge in [-0.2, -0.15) is 0 Å². The zero-order chi connectivity index (χ0) is 25.9. The maximum absolute atomic E-state index is 12.1. The van der Waals surface area contributed by atoms with Crippen LogP contribution in [-0.2, 0) is 9.13 Å². The van der Waals surface area contributed by atoms with E-state index in [4.69, 9.17) is 4.89 Å². The number of hydrogen-bond acceptors (Lipinski definition) is 2. The predicted molar refractivity (Wildman–Crippen MR) is 154 cm³/mol. The quantitative estimate of drug-likeness (QED) is 0.0752. The van der Waals surface area contributed by atoms with E-state index in [9.17, 15) is 14.0 Å². The van der Waals surface area contributed by atoms with Crippen molar-refractivity contribution in [2.45, 2.75) is 156 Å². The third kappa shape index (κ3) is 39.2. The molecule has 0 fully saturated rings. The molecule has 0 aromatic rings. The molecule has 0 saturated carbocycles. The molecule has 0 aromatic carbocycles. The second-order valence-electron chi connectivity index (χ2n) is 10.3. The average molecular weight is 813 g/mol. The van der Waals surface area contributed by atoms with Crippen molar-refractivity contribution in [1.82, 2.24) is 0 Å². The molecule has 36 heavy (non-hydrogen) atoms. The summed E-state index contributed by atoms with van der Waals surface area (Å²) in [5.41, 5.74) is 0. The van der Waals surface area contributed by atoms with Crippen molar-refractivity contribution >= 4 is 15.4 Å². The Morgan fingerprint density at radius 3 is 1.25 bits per heavy atom. The molecule has 0 bridgehead atoms. The second kappa shape index (κ2) is 36.1. The van der Waals surface area contributed by atoms with Gasteiger partial charge in [-0.1, -0.05) is 137 Å². The molecule has 0 amide bonds. The van der Waals surface area contributed by atoms with Gasteiger partial charge >= 0.3 is 0 Å². The van der Waals surface area contributed by atoms with E-state index in [1.54, 1.807) is 0 Å². The Morgan fingerprint density at radius 2 is 0.944 bits per heavy atom. The molecule has 0 heterocycles. The molecule has 0 aliphatic heterocycles. The summed E-state index contributed by atoms with van der Waals surface area (Å²) in [5, 5.41) is 0. The monoisotopic (exact) mass is 808 g/mol. The fourth-order valence-corrected chi connectivity index (χ4v) is 6.93. The van der Waals surface area contributed by atoms with Crippen LogP contribution in [0.25, 0.3) is 0 Å². The van der Waals surface area contributed by atoms with Crippen molar-refractivity contribution in [3.8, 4) is 0 Å². The average Bonchev–Trinajstić information content (AvgIpc) is 2.80. The van der Waals surface area contributed by atoms with Crippen LogP contribution in [0.4, 0.5) is 0 Å². The predicted octanol–water partition coefficient (Wildman–Crippen LogP) is 10.2. The third-order valence-electron chi connectivity index (χ3n) is 6.73. The van der Waals surface area contributed by atoms with Crippen molar-refractivity contribution in [2.75, 3.05) is 18.5 Å². The van der Waals surface area contributed by atoms with Gasteiger partial charge in [0.25, 0.3) is 0 Å². The van der Waals surface area contributed by atoms with E-state index in [0.29, 0.717) is 24.4 Å². The summed E-state index contributed by atoms with van der Waals surface area (Å²) in [6.07, 6.45) is 26.1. The van der Waals surface area contributed by atoms with Crippen LogP contribution in [0.1, 0.15) is 156 Å². The van der Waals surface area contributed by atoms with Gasteiger partial charge in [0, 0.05) is 100 Å². The Balaban J connectivity index is -0.000000335. The van der Waals surface area contributed by atoms with E-state index < -0.39 is 15.4 Å². The number of rotatable bonds is 24. The molecule has 0 aliphatic carbocycles. The summed E-state index contributed by atoms with van der Waals surface area (Å²) in [7, 11) is -5.05. The van der Waals surface area contributed by atoms with Gasteiger partial charge in [0.15, 0.2) is 8.03 Å². The fourth-order valence-electron chi connectivity index (χ4n) is 4.29. The summed E-state index contributed by atoms with van der Waals surface area (Å²) in [4.78, 5) is 18.7. The summed E-state index contributed by atoms with van der Waals surface area (Å²) in [5.74, 6) is 0.478. The van der Waals surface area contributed by atoms with Crippen LogP contribution in [0.15, 0.2) is 0 Å². The van der Waals surface area contributed by atoms with Gasteiger partial charge in [0.1, 0.15) is 0 Å². The topological polar surface area (TPSA) is 74.6 Å². The molecular formula is C28H62Nd2O4P2. The van der Waals surface area contributed by atoms with E-state index >= 15 is 0 Å². The molecule has 2 unspecified atom stereocenters. The molecule has 2 atom stereocenters. The van der Waals surface area contributed by atoms with E-state index in [-0.39, 0.29) is 81.7 Å². The first-order valence-corrected chi connectivity index (χ1v) is 18.4. The molecule has 0 aromatic heterocycles. The van der Waals surface area contributed by atoms with Crippen molar-refractivity contribution in [1.29, 1.82) is 0 Å². The summed E-state index contributed by atoms with van der Waals surface area (Å²) in [6, 6.07) is 0. The van der Waals surface area contributed by atoms with Crippen LogP contribution in [0.2, 0.25) is 0 Å². The molecule has 216 valence electrons. The van der Waals surface area contributed by atoms with E-state index in [0.717, 1.165) is 38.5 Å². The molecule has 4 nitrogen and oxygen atoms in total. The largest absolute Gasteiger partial charge is 0.346 e. The first-order chi connectivity index (χ1) is 16.3.